The molecule has 1 saturated heterocycles. The topological polar surface area (TPSA) is 17.1 Å². The van der Waals surface area contributed by atoms with Gasteiger partial charge in [-0.3, -0.25) is 4.79 Å². The maximum Gasteiger partial charge on any atom is 0.134 e. The molecule has 2 aliphatic carbocycles. The molecule has 3 fully saturated rings. The van der Waals surface area contributed by atoms with Gasteiger partial charge in [-0.2, -0.15) is 0 Å². The summed E-state index contributed by atoms with van der Waals surface area (Å²) in [5.74, 6) is 0.611. The summed E-state index contributed by atoms with van der Waals surface area (Å²) in [5.41, 5.74) is 0. The van der Waals surface area contributed by atoms with E-state index in [1.165, 1.54) is 64.2 Å². The third kappa shape index (κ3) is 2.07. The quantitative estimate of drug-likeness (QED) is 0.572. The van der Waals surface area contributed by atoms with E-state index in [1.54, 1.807) is 0 Å². The average Bonchev–Trinajstić information content (AvgIpc) is 2.38. The van der Waals surface area contributed by atoms with Crippen LogP contribution in [0.5, 0.6) is 0 Å². The van der Waals surface area contributed by atoms with E-state index >= 15 is 0 Å². The lowest BCUT2D eigenvalue weighted by atomic mass is 9.79. The maximum absolute atomic E-state index is 12.4. The molecule has 2 heteroatoms. The summed E-state index contributed by atoms with van der Waals surface area (Å²) in [6, 6.07) is 0. The lowest BCUT2D eigenvalue weighted by Crippen LogP contribution is -2.47. The summed E-state index contributed by atoms with van der Waals surface area (Å²) >= 11 is 0. The number of hydrogen-bond donors (Lipinski definition) is 0. The first-order valence-corrected chi connectivity index (χ1v) is 9.72. The highest BCUT2D eigenvalue weighted by Crippen LogP contribution is 2.70. The molecule has 18 heavy (non-hydrogen) atoms. The molecule has 0 amide bonds. The second-order valence-corrected chi connectivity index (χ2v) is 10.0. The van der Waals surface area contributed by atoms with E-state index in [2.05, 4.69) is 6.66 Å². The third-order valence-corrected chi connectivity index (χ3v) is 10.1. The Morgan fingerprint density at radius 1 is 0.778 bits per heavy atom. The molecule has 0 bridgehead atoms. The summed E-state index contributed by atoms with van der Waals surface area (Å²) in [6.45, 7) is 2.57. The molecule has 1 aliphatic heterocycles. The van der Waals surface area contributed by atoms with Crippen LogP contribution in [0.2, 0.25) is 0 Å². The van der Waals surface area contributed by atoms with Gasteiger partial charge in [0.15, 0.2) is 0 Å². The summed E-state index contributed by atoms with van der Waals surface area (Å²) in [5, 5.41) is 0.945. The highest BCUT2D eigenvalue weighted by atomic mass is 31.1. The summed E-state index contributed by atoms with van der Waals surface area (Å²) in [4.78, 5) is 12.4. The molecule has 0 aromatic carbocycles. The van der Waals surface area contributed by atoms with Crippen LogP contribution in [0.4, 0.5) is 0 Å². The first-order chi connectivity index (χ1) is 8.67. The molecular weight excluding hydrogens is 239 g/mol. The lowest BCUT2D eigenvalue weighted by molar-refractivity contribution is -0.121. The largest absolute Gasteiger partial charge is 0.300 e. The van der Waals surface area contributed by atoms with Crippen LogP contribution in [0.15, 0.2) is 0 Å². The Kier molecular flexibility index (Phi) is 3.56. The molecule has 0 radical (unpaired) electrons. The van der Waals surface area contributed by atoms with Crippen LogP contribution < -0.4 is 0 Å². The highest BCUT2D eigenvalue weighted by Gasteiger charge is 2.53. The van der Waals surface area contributed by atoms with Gasteiger partial charge in [0, 0.05) is 12.8 Å². The van der Waals surface area contributed by atoms with Crippen molar-refractivity contribution in [3.05, 3.63) is 0 Å². The number of carbonyl (C=O) groups excluding carboxylic acids is 1. The number of ketones is 1. The van der Waals surface area contributed by atoms with E-state index in [1.807, 2.05) is 0 Å². The van der Waals surface area contributed by atoms with Crippen molar-refractivity contribution in [2.75, 3.05) is 6.66 Å². The van der Waals surface area contributed by atoms with Crippen molar-refractivity contribution in [1.82, 2.24) is 0 Å². The van der Waals surface area contributed by atoms with Crippen LogP contribution in [0.1, 0.15) is 77.0 Å². The van der Waals surface area contributed by atoms with Crippen LogP contribution in [-0.4, -0.2) is 22.8 Å². The molecule has 1 nitrogen and oxygen atoms in total. The summed E-state index contributed by atoms with van der Waals surface area (Å²) in [6.07, 6.45) is 15.7. The first-order valence-electron chi connectivity index (χ1n) is 7.93. The van der Waals surface area contributed by atoms with Crippen LogP contribution in [0.3, 0.4) is 0 Å². The molecule has 0 atom stereocenters. The lowest BCUT2D eigenvalue weighted by Gasteiger charge is -2.56. The first kappa shape index (κ1) is 13.1. The smallest absolute Gasteiger partial charge is 0.134 e. The fraction of sp³-hybridized carbons (Fsp3) is 0.938. The zero-order valence-electron chi connectivity index (χ0n) is 11.8. The third-order valence-electron chi connectivity index (χ3n) is 6.04. The van der Waals surface area contributed by atoms with Gasteiger partial charge in [-0.15, -0.1) is 0 Å². The van der Waals surface area contributed by atoms with E-state index in [0.29, 0.717) is 16.1 Å². The second-order valence-electron chi connectivity index (χ2n) is 7.02. The van der Waals surface area contributed by atoms with E-state index in [4.69, 9.17) is 0 Å². The Hall–Kier alpha value is 0.100. The van der Waals surface area contributed by atoms with E-state index < -0.39 is 0 Å². The maximum atomic E-state index is 12.4. The van der Waals surface area contributed by atoms with Crippen molar-refractivity contribution in [2.24, 2.45) is 0 Å². The Morgan fingerprint density at radius 3 is 1.56 bits per heavy atom. The van der Waals surface area contributed by atoms with E-state index in [0.717, 1.165) is 12.8 Å². The summed E-state index contributed by atoms with van der Waals surface area (Å²) in [7, 11) is 0.0560. The number of carbonyl (C=O) groups is 1. The number of hydrogen-bond acceptors (Lipinski definition) is 1. The zero-order valence-corrected chi connectivity index (χ0v) is 12.7. The van der Waals surface area contributed by atoms with Crippen molar-refractivity contribution in [1.29, 1.82) is 0 Å². The van der Waals surface area contributed by atoms with Crippen LogP contribution >= 0.6 is 7.92 Å². The molecule has 102 valence electrons. The van der Waals surface area contributed by atoms with Gasteiger partial charge in [0.25, 0.3) is 0 Å². The minimum Gasteiger partial charge on any atom is -0.300 e. The minimum atomic E-state index is 0.0560. The Labute approximate surface area is 113 Å². The molecule has 3 rings (SSSR count). The van der Waals surface area contributed by atoms with Gasteiger partial charge < -0.3 is 0 Å². The van der Waals surface area contributed by atoms with Crippen LogP contribution in [-0.2, 0) is 4.79 Å². The molecule has 2 spiro atoms. The molecular formula is C16H27OP. The predicted molar refractivity (Wildman–Crippen MR) is 78.7 cm³/mol. The Morgan fingerprint density at radius 2 is 1.17 bits per heavy atom. The van der Waals surface area contributed by atoms with E-state index in [9.17, 15) is 4.79 Å². The van der Waals surface area contributed by atoms with E-state index in [-0.39, 0.29) is 7.92 Å². The normalized spacial score (nSPS) is 31.9. The fourth-order valence-corrected chi connectivity index (χ4v) is 8.79. The predicted octanol–water partition coefficient (Wildman–Crippen LogP) is 4.87. The fourth-order valence-electron chi connectivity index (χ4n) is 4.98. The standard InChI is InChI=1S/C16H27OP/c1-18-15(8-4-2-5-9-15)12-14(17)13-16(18)10-6-3-7-11-16/h2-13H2,1H3. The number of Topliss-reactive ketones (excluding diaryl/α,β-unsaturated/α-hetero) is 1. The molecule has 0 unspecified atom stereocenters. The van der Waals surface area contributed by atoms with Gasteiger partial charge in [-0.05, 0) is 42.7 Å². The molecule has 0 N–H and O–H groups in total. The Balaban J connectivity index is 1.89. The minimum absolute atomic E-state index is 0.0560. The molecule has 1 heterocycles. The van der Waals surface area contributed by atoms with Crippen molar-refractivity contribution in [3.8, 4) is 0 Å². The van der Waals surface area contributed by atoms with Gasteiger partial charge in [-0.1, -0.05) is 46.4 Å². The summed E-state index contributed by atoms with van der Waals surface area (Å²) < 4.78 is 0. The highest BCUT2D eigenvalue weighted by molar-refractivity contribution is 7.60. The van der Waals surface area contributed by atoms with Crippen LogP contribution in [0.25, 0.3) is 0 Å². The Bertz CT molecular complexity index is 294. The van der Waals surface area contributed by atoms with Gasteiger partial charge in [0.1, 0.15) is 5.78 Å². The molecule has 0 aromatic rings. The molecule has 0 aromatic heterocycles. The second kappa shape index (κ2) is 4.89. The monoisotopic (exact) mass is 266 g/mol. The zero-order chi connectivity index (χ0) is 12.6. The van der Waals surface area contributed by atoms with Crippen LogP contribution in [0, 0.1) is 0 Å². The van der Waals surface area contributed by atoms with Crippen molar-refractivity contribution in [3.63, 3.8) is 0 Å². The van der Waals surface area contributed by atoms with Gasteiger partial charge >= 0.3 is 0 Å². The molecule has 2 saturated carbocycles. The van der Waals surface area contributed by atoms with Crippen molar-refractivity contribution < 1.29 is 4.79 Å². The average molecular weight is 266 g/mol. The van der Waals surface area contributed by atoms with Gasteiger partial charge in [0.2, 0.25) is 0 Å². The van der Waals surface area contributed by atoms with Crippen molar-refractivity contribution in [2.45, 2.75) is 87.4 Å². The SMILES string of the molecule is CP1C2(CCCCC2)CC(=O)CC12CCCCC2. The number of rotatable bonds is 0. The molecule has 3 aliphatic rings. The van der Waals surface area contributed by atoms with Gasteiger partial charge in [0.05, 0.1) is 0 Å². The van der Waals surface area contributed by atoms with Gasteiger partial charge in [-0.25, -0.2) is 0 Å². The van der Waals surface area contributed by atoms with Crippen molar-refractivity contribution >= 4 is 13.7 Å².